The molecule has 7 heteroatoms. The van der Waals surface area contributed by atoms with Gasteiger partial charge in [0.25, 0.3) is 0 Å². The number of aliphatic hydroxyl groups excluding tert-OH is 4. The van der Waals surface area contributed by atoms with E-state index in [1.165, 1.54) is 6.92 Å². The van der Waals surface area contributed by atoms with Crippen molar-refractivity contribution in [2.24, 2.45) is 5.73 Å². The maximum atomic E-state index is 11.2. The predicted octanol–water partition coefficient (Wildman–Crippen LogP) is -3.45. The van der Waals surface area contributed by atoms with Gasteiger partial charge in [-0.3, -0.25) is 9.59 Å². The maximum absolute atomic E-state index is 11.2. The van der Waals surface area contributed by atoms with Crippen molar-refractivity contribution >= 4 is 11.6 Å². The van der Waals surface area contributed by atoms with E-state index in [0.717, 1.165) is 0 Å². The lowest BCUT2D eigenvalue weighted by molar-refractivity contribution is -0.145. The number of Topliss-reactive ketones (excluding diaryl/α,β-unsaturated/α-hetero) is 2. The molecule has 0 radical (unpaired) electrons. The van der Waals surface area contributed by atoms with E-state index in [2.05, 4.69) is 0 Å². The summed E-state index contributed by atoms with van der Waals surface area (Å²) in [6, 6.07) is -1.61. The van der Waals surface area contributed by atoms with Gasteiger partial charge in [-0.15, -0.1) is 0 Å². The standard InChI is InChI=1S/C8H15NO6/c1-3(11)6(13)5(9)8(15)7(14)4(12)2-10/h3-6,10-13H,2,9H2,1H3. The van der Waals surface area contributed by atoms with E-state index in [9.17, 15) is 14.7 Å². The smallest absolute Gasteiger partial charge is 0.230 e. The molecule has 7 nitrogen and oxygen atoms in total. The summed E-state index contributed by atoms with van der Waals surface area (Å²) in [6.07, 6.45) is -4.71. The first-order valence-corrected chi connectivity index (χ1v) is 4.31. The Balaban J connectivity index is 4.51. The SMILES string of the molecule is CC(O)C(O)C(N)C(=O)C(=O)C(O)CO. The van der Waals surface area contributed by atoms with E-state index >= 15 is 0 Å². The first-order chi connectivity index (χ1) is 6.82. The van der Waals surface area contributed by atoms with Crippen LogP contribution in [0.4, 0.5) is 0 Å². The van der Waals surface area contributed by atoms with Crippen LogP contribution in [0.1, 0.15) is 6.92 Å². The molecule has 0 aliphatic carbocycles. The van der Waals surface area contributed by atoms with Gasteiger partial charge in [-0.25, -0.2) is 0 Å². The zero-order chi connectivity index (χ0) is 12.2. The number of hydrogen-bond donors (Lipinski definition) is 5. The Morgan fingerprint density at radius 2 is 1.67 bits per heavy atom. The van der Waals surface area contributed by atoms with Gasteiger partial charge in [-0.2, -0.15) is 0 Å². The second-order valence-electron chi connectivity index (χ2n) is 3.18. The molecular weight excluding hydrogens is 206 g/mol. The molecule has 0 heterocycles. The van der Waals surface area contributed by atoms with E-state index in [4.69, 9.17) is 21.1 Å². The molecule has 0 rings (SSSR count). The molecule has 0 aromatic carbocycles. The van der Waals surface area contributed by atoms with Crippen molar-refractivity contribution in [1.82, 2.24) is 0 Å². The third kappa shape index (κ3) is 3.65. The Morgan fingerprint density at radius 1 is 1.20 bits per heavy atom. The van der Waals surface area contributed by atoms with Gasteiger partial charge in [0.05, 0.1) is 12.7 Å². The van der Waals surface area contributed by atoms with Gasteiger partial charge in [0, 0.05) is 0 Å². The summed E-state index contributed by atoms with van der Waals surface area (Å²) in [4.78, 5) is 22.2. The second-order valence-corrected chi connectivity index (χ2v) is 3.18. The molecule has 0 bridgehead atoms. The highest BCUT2D eigenvalue weighted by atomic mass is 16.3. The summed E-state index contributed by atoms with van der Waals surface area (Å²) in [5, 5.41) is 35.3. The van der Waals surface area contributed by atoms with Crippen molar-refractivity contribution in [3.05, 3.63) is 0 Å². The highest BCUT2D eigenvalue weighted by Gasteiger charge is 2.33. The third-order valence-corrected chi connectivity index (χ3v) is 1.88. The minimum atomic E-state index is -1.84. The molecular formula is C8H15NO6. The van der Waals surface area contributed by atoms with Crippen LogP contribution in [0.2, 0.25) is 0 Å². The minimum Gasteiger partial charge on any atom is -0.393 e. The maximum Gasteiger partial charge on any atom is 0.230 e. The molecule has 0 aromatic rings. The van der Waals surface area contributed by atoms with E-state index in [-0.39, 0.29) is 0 Å². The quantitative estimate of drug-likeness (QED) is 0.293. The zero-order valence-corrected chi connectivity index (χ0v) is 8.20. The van der Waals surface area contributed by atoms with E-state index in [1.807, 2.05) is 0 Å². The van der Waals surface area contributed by atoms with Crippen LogP contribution in [0.15, 0.2) is 0 Å². The number of aliphatic hydroxyl groups is 4. The Kier molecular flexibility index (Phi) is 5.55. The summed E-state index contributed by atoms with van der Waals surface area (Å²) in [5.41, 5.74) is 5.18. The molecule has 4 atom stereocenters. The summed E-state index contributed by atoms with van der Waals surface area (Å²) >= 11 is 0. The van der Waals surface area contributed by atoms with Crippen molar-refractivity contribution in [1.29, 1.82) is 0 Å². The van der Waals surface area contributed by atoms with Crippen molar-refractivity contribution in [2.75, 3.05) is 6.61 Å². The largest absolute Gasteiger partial charge is 0.393 e. The lowest BCUT2D eigenvalue weighted by Crippen LogP contribution is -2.52. The number of nitrogens with two attached hydrogens (primary N) is 1. The lowest BCUT2D eigenvalue weighted by atomic mass is 9.98. The molecule has 88 valence electrons. The summed E-state index contributed by atoms with van der Waals surface area (Å²) in [6.45, 7) is 0.298. The van der Waals surface area contributed by atoms with Gasteiger partial charge in [0.1, 0.15) is 18.2 Å². The van der Waals surface area contributed by atoms with Crippen LogP contribution < -0.4 is 5.73 Å². The van der Waals surface area contributed by atoms with E-state index in [0.29, 0.717) is 0 Å². The molecule has 0 aliphatic rings. The van der Waals surface area contributed by atoms with E-state index < -0.39 is 42.5 Å². The molecule has 0 aliphatic heterocycles. The fourth-order valence-corrected chi connectivity index (χ4v) is 0.867. The molecule has 0 saturated heterocycles. The van der Waals surface area contributed by atoms with Gasteiger partial charge >= 0.3 is 0 Å². The van der Waals surface area contributed by atoms with Crippen molar-refractivity contribution in [2.45, 2.75) is 31.3 Å². The summed E-state index contributed by atoms with van der Waals surface area (Å²) < 4.78 is 0. The van der Waals surface area contributed by atoms with Crippen molar-refractivity contribution < 1.29 is 30.0 Å². The van der Waals surface area contributed by atoms with Gasteiger partial charge < -0.3 is 26.2 Å². The monoisotopic (exact) mass is 221 g/mol. The second kappa shape index (κ2) is 5.89. The highest BCUT2D eigenvalue weighted by molar-refractivity contribution is 6.40. The number of rotatable bonds is 6. The average Bonchev–Trinajstić information content (AvgIpc) is 2.23. The Bertz CT molecular complexity index is 241. The Morgan fingerprint density at radius 3 is 2.00 bits per heavy atom. The normalized spacial score (nSPS) is 19.1. The molecule has 6 N–H and O–H groups in total. The molecule has 0 amide bonds. The number of ketones is 2. The van der Waals surface area contributed by atoms with Crippen LogP contribution in [-0.2, 0) is 9.59 Å². The average molecular weight is 221 g/mol. The van der Waals surface area contributed by atoms with Gasteiger partial charge in [-0.1, -0.05) is 0 Å². The topological polar surface area (TPSA) is 141 Å². The summed E-state index contributed by atoms with van der Waals surface area (Å²) in [5.74, 6) is -2.52. The van der Waals surface area contributed by atoms with Gasteiger partial charge in [0.2, 0.25) is 11.6 Å². The van der Waals surface area contributed by atoms with Crippen LogP contribution in [0, 0.1) is 0 Å². The molecule has 15 heavy (non-hydrogen) atoms. The fraction of sp³-hybridized carbons (Fsp3) is 0.750. The van der Waals surface area contributed by atoms with Gasteiger partial charge in [-0.05, 0) is 6.92 Å². The summed E-state index contributed by atoms with van der Waals surface area (Å²) in [7, 11) is 0. The highest BCUT2D eigenvalue weighted by Crippen LogP contribution is 2.01. The lowest BCUT2D eigenvalue weighted by Gasteiger charge is -2.19. The molecule has 0 fully saturated rings. The van der Waals surface area contributed by atoms with Crippen molar-refractivity contribution in [3.8, 4) is 0 Å². The Labute approximate surface area is 86.1 Å². The molecule has 0 aromatic heterocycles. The van der Waals surface area contributed by atoms with E-state index in [1.54, 1.807) is 0 Å². The minimum absolute atomic E-state index is 0.901. The molecule has 0 saturated carbocycles. The number of carbonyl (C=O) groups is 2. The van der Waals surface area contributed by atoms with Crippen LogP contribution in [0.3, 0.4) is 0 Å². The third-order valence-electron chi connectivity index (χ3n) is 1.88. The first kappa shape index (κ1) is 14.1. The van der Waals surface area contributed by atoms with Crippen LogP contribution in [-0.4, -0.2) is 63.0 Å². The molecule has 0 spiro atoms. The number of hydrogen-bond acceptors (Lipinski definition) is 7. The predicted molar refractivity (Wildman–Crippen MR) is 48.8 cm³/mol. The first-order valence-electron chi connectivity index (χ1n) is 4.31. The van der Waals surface area contributed by atoms with Crippen LogP contribution >= 0.6 is 0 Å². The molecule has 4 unspecified atom stereocenters. The Hall–Kier alpha value is -0.860. The van der Waals surface area contributed by atoms with Crippen molar-refractivity contribution in [3.63, 3.8) is 0 Å². The number of carbonyl (C=O) groups excluding carboxylic acids is 2. The van der Waals surface area contributed by atoms with Gasteiger partial charge in [0.15, 0.2) is 0 Å². The van der Waals surface area contributed by atoms with Crippen LogP contribution in [0.25, 0.3) is 0 Å². The zero-order valence-electron chi connectivity index (χ0n) is 8.20. The fourth-order valence-electron chi connectivity index (χ4n) is 0.867. The van der Waals surface area contributed by atoms with Crippen LogP contribution in [0.5, 0.6) is 0 Å².